The normalized spacial score (nSPS) is 22.9. The van der Waals surface area contributed by atoms with Gasteiger partial charge in [-0.05, 0) is 45.0 Å². The zero-order valence-electron chi connectivity index (χ0n) is 13.2. The third-order valence-electron chi connectivity index (χ3n) is 4.25. The predicted molar refractivity (Wildman–Crippen MR) is 84.5 cm³/mol. The van der Waals surface area contributed by atoms with Gasteiger partial charge in [0, 0.05) is 25.4 Å². The van der Waals surface area contributed by atoms with E-state index in [1.807, 2.05) is 45.3 Å². The van der Waals surface area contributed by atoms with E-state index in [1.165, 1.54) is 5.56 Å². The molecular formula is C16H25N3O2. The molecule has 116 valence electrons. The first kappa shape index (κ1) is 15.8. The Hall–Kier alpha value is -1.59. The summed E-state index contributed by atoms with van der Waals surface area (Å²) in [5.41, 5.74) is 2.01. The number of hydrogen-bond acceptors (Lipinski definition) is 3. The van der Waals surface area contributed by atoms with Crippen molar-refractivity contribution in [3.8, 4) is 0 Å². The second-order valence-corrected chi connectivity index (χ2v) is 5.61. The van der Waals surface area contributed by atoms with E-state index >= 15 is 0 Å². The summed E-state index contributed by atoms with van der Waals surface area (Å²) >= 11 is 0. The Labute approximate surface area is 126 Å². The Morgan fingerprint density at radius 2 is 2.05 bits per heavy atom. The Bertz CT molecular complexity index is 475. The van der Waals surface area contributed by atoms with E-state index in [9.17, 15) is 4.79 Å². The van der Waals surface area contributed by atoms with Crippen LogP contribution < -0.4 is 10.6 Å². The molecule has 21 heavy (non-hydrogen) atoms. The lowest BCUT2D eigenvalue weighted by Gasteiger charge is -2.27. The lowest BCUT2D eigenvalue weighted by molar-refractivity contribution is 0.0929. The van der Waals surface area contributed by atoms with E-state index in [0.717, 1.165) is 18.7 Å². The van der Waals surface area contributed by atoms with Crippen molar-refractivity contribution < 1.29 is 9.53 Å². The van der Waals surface area contributed by atoms with Crippen molar-refractivity contribution in [2.75, 3.05) is 26.0 Å². The molecule has 1 aliphatic heterocycles. The molecular weight excluding hydrogens is 266 g/mol. The van der Waals surface area contributed by atoms with Crippen molar-refractivity contribution in [3.63, 3.8) is 0 Å². The van der Waals surface area contributed by atoms with E-state index in [4.69, 9.17) is 4.74 Å². The van der Waals surface area contributed by atoms with E-state index in [-0.39, 0.29) is 18.2 Å². The summed E-state index contributed by atoms with van der Waals surface area (Å²) in [4.78, 5) is 14.0. The van der Waals surface area contributed by atoms with Crippen LogP contribution in [0.25, 0.3) is 0 Å². The van der Waals surface area contributed by atoms with Crippen LogP contribution in [0.2, 0.25) is 0 Å². The number of nitrogens with one attached hydrogen (secondary N) is 2. The summed E-state index contributed by atoms with van der Waals surface area (Å²) < 4.78 is 5.51. The monoisotopic (exact) mass is 291 g/mol. The largest absolute Gasteiger partial charge is 0.376 e. The highest BCUT2D eigenvalue weighted by Crippen LogP contribution is 2.20. The van der Waals surface area contributed by atoms with Gasteiger partial charge in [-0.3, -0.25) is 0 Å². The minimum Gasteiger partial charge on any atom is -0.376 e. The summed E-state index contributed by atoms with van der Waals surface area (Å²) in [5.74, 6) is 0. The molecule has 5 heteroatoms. The van der Waals surface area contributed by atoms with Crippen LogP contribution >= 0.6 is 0 Å². The van der Waals surface area contributed by atoms with Crippen LogP contribution in [-0.2, 0) is 4.74 Å². The molecule has 0 spiro atoms. The molecule has 1 heterocycles. The fourth-order valence-electron chi connectivity index (χ4n) is 2.61. The maximum atomic E-state index is 12.3. The number of amides is 2. The number of carbonyl (C=O) groups excluding carboxylic acids is 1. The number of urea groups is 1. The third-order valence-corrected chi connectivity index (χ3v) is 4.25. The van der Waals surface area contributed by atoms with E-state index in [2.05, 4.69) is 17.6 Å². The summed E-state index contributed by atoms with van der Waals surface area (Å²) in [7, 11) is 3.75. The summed E-state index contributed by atoms with van der Waals surface area (Å²) in [6.07, 6.45) is 0.989. The van der Waals surface area contributed by atoms with Crippen molar-refractivity contribution in [2.24, 2.45) is 0 Å². The molecule has 0 aromatic heterocycles. The van der Waals surface area contributed by atoms with Gasteiger partial charge in [-0.25, -0.2) is 4.79 Å². The number of ether oxygens (including phenoxy) is 1. The molecule has 3 atom stereocenters. The lowest BCUT2D eigenvalue weighted by Crippen LogP contribution is -2.43. The topological polar surface area (TPSA) is 53.6 Å². The van der Waals surface area contributed by atoms with Crippen molar-refractivity contribution in [1.82, 2.24) is 10.2 Å². The predicted octanol–water partition coefficient (Wildman–Crippen LogP) is 2.61. The number of nitrogens with zero attached hydrogens (tertiary/aromatic N) is 1. The van der Waals surface area contributed by atoms with Gasteiger partial charge < -0.3 is 20.3 Å². The van der Waals surface area contributed by atoms with Gasteiger partial charge in [0.05, 0.1) is 12.1 Å². The fourth-order valence-corrected chi connectivity index (χ4v) is 2.61. The first-order valence-corrected chi connectivity index (χ1v) is 7.45. The summed E-state index contributed by atoms with van der Waals surface area (Å²) in [6.45, 7) is 4.83. The highest BCUT2D eigenvalue weighted by molar-refractivity contribution is 5.89. The Morgan fingerprint density at radius 1 is 1.38 bits per heavy atom. The van der Waals surface area contributed by atoms with Crippen LogP contribution in [0.3, 0.4) is 0 Å². The van der Waals surface area contributed by atoms with Gasteiger partial charge in [0.2, 0.25) is 0 Å². The minimum absolute atomic E-state index is 0.0910. The molecule has 5 nitrogen and oxygen atoms in total. The molecule has 2 amide bonds. The molecule has 0 aliphatic carbocycles. The van der Waals surface area contributed by atoms with Gasteiger partial charge >= 0.3 is 6.03 Å². The highest BCUT2D eigenvalue weighted by atomic mass is 16.5. The number of anilines is 1. The first-order valence-electron chi connectivity index (χ1n) is 7.45. The van der Waals surface area contributed by atoms with E-state index < -0.39 is 0 Å². The van der Waals surface area contributed by atoms with Gasteiger partial charge in [0.25, 0.3) is 0 Å². The molecule has 2 rings (SSSR count). The molecule has 0 bridgehead atoms. The molecule has 1 aliphatic rings. The average Bonchev–Trinajstić information content (AvgIpc) is 2.92. The van der Waals surface area contributed by atoms with Crippen LogP contribution in [0.1, 0.15) is 31.9 Å². The van der Waals surface area contributed by atoms with E-state index in [1.54, 1.807) is 4.90 Å². The average molecular weight is 291 g/mol. The number of carbonyl (C=O) groups is 1. The van der Waals surface area contributed by atoms with Gasteiger partial charge in [-0.15, -0.1) is 0 Å². The van der Waals surface area contributed by atoms with Gasteiger partial charge in [0.1, 0.15) is 0 Å². The van der Waals surface area contributed by atoms with E-state index in [0.29, 0.717) is 6.04 Å². The molecule has 1 saturated heterocycles. The molecule has 1 aromatic carbocycles. The zero-order valence-corrected chi connectivity index (χ0v) is 13.2. The standard InChI is InChI=1S/C16H25N3O2/c1-11(17-3)13-5-7-14(8-6-13)18-16(20)19(4)15-9-10-21-12(15)2/h5-8,11-12,15,17H,9-10H2,1-4H3,(H,18,20). The van der Waals surface area contributed by atoms with Crippen molar-refractivity contribution in [2.45, 2.75) is 38.5 Å². The van der Waals surface area contributed by atoms with Crippen molar-refractivity contribution in [1.29, 1.82) is 0 Å². The van der Waals surface area contributed by atoms with Crippen molar-refractivity contribution >= 4 is 11.7 Å². The van der Waals surface area contributed by atoms with Crippen molar-refractivity contribution in [3.05, 3.63) is 29.8 Å². The Morgan fingerprint density at radius 3 is 2.57 bits per heavy atom. The molecule has 0 saturated carbocycles. The summed E-state index contributed by atoms with van der Waals surface area (Å²) in [5, 5.41) is 6.13. The quantitative estimate of drug-likeness (QED) is 0.896. The van der Waals surface area contributed by atoms with Crippen LogP contribution in [0.4, 0.5) is 10.5 Å². The van der Waals surface area contributed by atoms with Gasteiger partial charge in [0.15, 0.2) is 0 Å². The van der Waals surface area contributed by atoms with Crippen LogP contribution in [-0.4, -0.2) is 43.8 Å². The fraction of sp³-hybridized carbons (Fsp3) is 0.562. The number of likely N-dealkylation sites (N-methyl/N-ethyl adjacent to an activating group) is 1. The molecule has 0 radical (unpaired) electrons. The Kier molecular flexibility index (Phi) is 5.20. The molecule has 2 N–H and O–H groups in total. The second-order valence-electron chi connectivity index (χ2n) is 5.61. The highest BCUT2D eigenvalue weighted by Gasteiger charge is 2.30. The van der Waals surface area contributed by atoms with Crippen LogP contribution in [0, 0.1) is 0 Å². The van der Waals surface area contributed by atoms with Gasteiger partial charge in [-0.2, -0.15) is 0 Å². The number of hydrogen-bond donors (Lipinski definition) is 2. The SMILES string of the molecule is CNC(C)c1ccc(NC(=O)N(C)C2CCOC2C)cc1. The molecule has 3 unspecified atom stereocenters. The number of rotatable bonds is 4. The zero-order chi connectivity index (χ0) is 15.4. The second kappa shape index (κ2) is 6.91. The lowest BCUT2D eigenvalue weighted by atomic mass is 10.1. The number of benzene rings is 1. The third kappa shape index (κ3) is 3.74. The molecule has 1 aromatic rings. The van der Waals surface area contributed by atoms with Crippen LogP contribution in [0.5, 0.6) is 0 Å². The minimum atomic E-state index is -0.0910. The van der Waals surface area contributed by atoms with Crippen LogP contribution in [0.15, 0.2) is 24.3 Å². The first-order chi connectivity index (χ1) is 10.0. The van der Waals surface area contributed by atoms with Gasteiger partial charge in [-0.1, -0.05) is 12.1 Å². The summed E-state index contributed by atoms with van der Waals surface area (Å²) in [6, 6.07) is 8.28. The molecule has 1 fully saturated rings. The Balaban J connectivity index is 1.96. The maximum Gasteiger partial charge on any atom is 0.321 e. The smallest absolute Gasteiger partial charge is 0.321 e. The maximum absolute atomic E-state index is 12.3.